The standard InChI is InChI=1S/C19H20Cl2N4O4/c1-19(28,9-3-4-11(20)12(21)7-9)15-13(26)14(27)18(29-15)25-6-5-10-16(22-2)23-8-24-17(10)25/h3-8,13-15,18,26-28H,1-2H3,(H,22,23,24)/t13-,14+,15-,18+,19+/m0/s1. The molecule has 4 N–H and O–H groups in total. The molecule has 0 amide bonds. The number of aromatic nitrogens is 3. The van der Waals surface area contributed by atoms with Gasteiger partial charge in [-0.25, -0.2) is 9.97 Å². The molecule has 1 aromatic carbocycles. The Balaban J connectivity index is 1.70. The third kappa shape index (κ3) is 3.26. The van der Waals surface area contributed by atoms with Crippen LogP contribution in [0, 0.1) is 0 Å². The molecule has 5 atom stereocenters. The van der Waals surface area contributed by atoms with Crippen LogP contribution in [0.1, 0.15) is 18.7 Å². The van der Waals surface area contributed by atoms with Gasteiger partial charge in [0.1, 0.15) is 41.7 Å². The van der Waals surface area contributed by atoms with Crippen molar-refractivity contribution in [3.8, 4) is 0 Å². The Labute approximate surface area is 176 Å². The summed E-state index contributed by atoms with van der Waals surface area (Å²) in [6.07, 6.45) is -1.64. The zero-order valence-corrected chi connectivity index (χ0v) is 17.1. The average molecular weight is 439 g/mol. The molecule has 1 fully saturated rings. The summed E-state index contributed by atoms with van der Waals surface area (Å²) in [5.41, 5.74) is -0.714. The second-order valence-corrected chi connectivity index (χ2v) is 7.95. The first-order valence-corrected chi connectivity index (χ1v) is 9.70. The van der Waals surface area contributed by atoms with E-state index in [1.54, 1.807) is 36.0 Å². The van der Waals surface area contributed by atoms with Crippen molar-refractivity contribution in [3.05, 3.63) is 52.4 Å². The lowest BCUT2D eigenvalue weighted by molar-refractivity contribution is -0.135. The lowest BCUT2D eigenvalue weighted by Gasteiger charge is -2.32. The van der Waals surface area contributed by atoms with Crippen LogP contribution in [0.25, 0.3) is 11.0 Å². The number of aliphatic hydroxyl groups excluding tert-OH is 2. The normalized spacial score (nSPS) is 26.6. The second kappa shape index (κ2) is 7.39. The fourth-order valence-corrected chi connectivity index (χ4v) is 4.00. The second-order valence-electron chi connectivity index (χ2n) is 7.14. The summed E-state index contributed by atoms with van der Waals surface area (Å²) in [4.78, 5) is 8.42. The zero-order valence-electron chi connectivity index (χ0n) is 15.6. The molecule has 0 aliphatic carbocycles. The van der Waals surface area contributed by atoms with Gasteiger partial charge in [-0.2, -0.15) is 0 Å². The van der Waals surface area contributed by atoms with Gasteiger partial charge in [0.2, 0.25) is 0 Å². The summed E-state index contributed by atoms with van der Waals surface area (Å²) in [7, 11) is 1.74. The van der Waals surface area contributed by atoms with E-state index in [0.29, 0.717) is 22.1 Å². The maximum absolute atomic E-state index is 11.2. The van der Waals surface area contributed by atoms with Gasteiger partial charge in [0.05, 0.1) is 15.4 Å². The summed E-state index contributed by atoms with van der Waals surface area (Å²) >= 11 is 12.0. The first-order valence-electron chi connectivity index (χ1n) is 8.94. The maximum Gasteiger partial charge on any atom is 0.164 e. The molecular formula is C19H20Cl2N4O4. The minimum absolute atomic E-state index is 0.265. The summed E-state index contributed by atoms with van der Waals surface area (Å²) in [5, 5.41) is 36.8. The van der Waals surface area contributed by atoms with Crippen molar-refractivity contribution < 1.29 is 20.1 Å². The summed E-state index contributed by atoms with van der Waals surface area (Å²) in [5.74, 6) is 0.626. The molecule has 1 saturated heterocycles. The van der Waals surface area contributed by atoms with Crippen molar-refractivity contribution in [2.45, 2.75) is 37.1 Å². The molecule has 3 aromatic rings. The van der Waals surface area contributed by atoms with Crippen LogP contribution in [0.2, 0.25) is 10.0 Å². The monoisotopic (exact) mass is 438 g/mol. The quantitative estimate of drug-likeness (QED) is 0.494. The first kappa shape index (κ1) is 20.3. The minimum Gasteiger partial charge on any atom is -0.387 e. The fourth-order valence-electron chi connectivity index (χ4n) is 3.70. The molecule has 10 heteroatoms. The third-order valence-corrected chi connectivity index (χ3v) is 6.06. The molecule has 0 unspecified atom stereocenters. The van der Waals surface area contributed by atoms with E-state index in [1.807, 2.05) is 0 Å². The molecule has 1 aliphatic heterocycles. The molecule has 2 aromatic heterocycles. The maximum atomic E-state index is 11.2. The first-order chi connectivity index (χ1) is 13.8. The molecule has 154 valence electrons. The Morgan fingerprint density at radius 3 is 2.59 bits per heavy atom. The van der Waals surface area contributed by atoms with E-state index in [0.717, 1.165) is 5.39 Å². The molecule has 0 saturated carbocycles. The smallest absolute Gasteiger partial charge is 0.164 e. The predicted molar refractivity (Wildman–Crippen MR) is 109 cm³/mol. The lowest BCUT2D eigenvalue weighted by Crippen LogP contribution is -2.45. The van der Waals surface area contributed by atoms with E-state index in [4.69, 9.17) is 27.9 Å². The highest BCUT2D eigenvalue weighted by atomic mass is 35.5. The Morgan fingerprint density at radius 1 is 1.14 bits per heavy atom. The molecule has 0 spiro atoms. The molecule has 4 rings (SSSR count). The Kier molecular flexibility index (Phi) is 5.18. The third-order valence-electron chi connectivity index (χ3n) is 5.32. The van der Waals surface area contributed by atoms with Crippen LogP contribution in [0.5, 0.6) is 0 Å². The summed E-state index contributed by atoms with van der Waals surface area (Å²) < 4.78 is 7.57. The van der Waals surface area contributed by atoms with Gasteiger partial charge in [0, 0.05) is 13.2 Å². The van der Waals surface area contributed by atoms with Gasteiger partial charge in [0.25, 0.3) is 0 Å². The van der Waals surface area contributed by atoms with Crippen molar-refractivity contribution in [2.75, 3.05) is 12.4 Å². The number of halogens is 2. The van der Waals surface area contributed by atoms with E-state index >= 15 is 0 Å². The highest BCUT2D eigenvalue weighted by molar-refractivity contribution is 6.42. The number of aliphatic hydroxyl groups is 3. The van der Waals surface area contributed by atoms with E-state index in [1.165, 1.54) is 19.3 Å². The molecule has 29 heavy (non-hydrogen) atoms. The number of rotatable bonds is 4. The molecule has 3 heterocycles. The van der Waals surface area contributed by atoms with Crippen molar-refractivity contribution >= 4 is 40.1 Å². The molecular weight excluding hydrogens is 419 g/mol. The topological polar surface area (TPSA) is 113 Å². The van der Waals surface area contributed by atoms with Crippen molar-refractivity contribution in [1.29, 1.82) is 0 Å². The number of nitrogens with one attached hydrogen (secondary N) is 1. The van der Waals surface area contributed by atoms with Gasteiger partial charge < -0.3 is 29.9 Å². The van der Waals surface area contributed by atoms with Crippen LogP contribution < -0.4 is 5.32 Å². The van der Waals surface area contributed by atoms with Crippen molar-refractivity contribution in [2.24, 2.45) is 0 Å². The van der Waals surface area contributed by atoms with E-state index in [2.05, 4.69) is 15.3 Å². The number of benzene rings is 1. The fraction of sp³-hybridized carbons (Fsp3) is 0.368. The lowest BCUT2D eigenvalue weighted by atomic mass is 9.87. The van der Waals surface area contributed by atoms with Crippen LogP contribution in [0.15, 0.2) is 36.8 Å². The molecule has 0 bridgehead atoms. The van der Waals surface area contributed by atoms with Gasteiger partial charge in [-0.15, -0.1) is 0 Å². The van der Waals surface area contributed by atoms with Crippen molar-refractivity contribution in [3.63, 3.8) is 0 Å². The van der Waals surface area contributed by atoms with Gasteiger partial charge >= 0.3 is 0 Å². The number of fused-ring (bicyclic) bond motifs is 1. The molecule has 8 nitrogen and oxygen atoms in total. The zero-order chi connectivity index (χ0) is 20.9. The van der Waals surface area contributed by atoms with Gasteiger partial charge in [0.15, 0.2) is 6.23 Å². The van der Waals surface area contributed by atoms with E-state index in [9.17, 15) is 15.3 Å². The van der Waals surface area contributed by atoms with Crippen LogP contribution in [-0.4, -0.2) is 55.2 Å². The number of ether oxygens (including phenoxy) is 1. The highest BCUT2D eigenvalue weighted by Gasteiger charge is 2.52. The molecule has 1 aliphatic rings. The Bertz CT molecular complexity index is 1060. The van der Waals surface area contributed by atoms with Crippen LogP contribution >= 0.6 is 23.2 Å². The average Bonchev–Trinajstić information content (AvgIpc) is 3.25. The number of hydrogen-bond donors (Lipinski definition) is 4. The summed E-state index contributed by atoms with van der Waals surface area (Å²) in [6, 6.07) is 6.45. The highest BCUT2D eigenvalue weighted by Crippen LogP contribution is 2.41. The summed E-state index contributed by atoms with van der Waals surface area (Å²) in [6.45, 7) is 1.49. The van der Waals surface area contributed by atoms with Gasteiger partial charge in [-0.1, -0.05) is 29.3 Å². The number of hydrogen-bond acceptors (Lipinski definition) is 7. The number of anilines is 1. The van der Waals surface area contributed by atoms with Crippen LogP contribution in [0.3, 0.4) is 0 Å². The largest absolute Gasteiger partial charge is 0.387 e. The Morgan fingerprint density at radius 2 is 1.90 bits per heavy atom. The van der Waals surface area contributed by atoms with Crippen molar-refractivity contribution in [1.82, 2.24) is 14.5 Å². The van der Waals surface area contributed by atoms with Gasteiger partial charge in [-0.3, -0.25) is 0 Å². The SMILES string of the molecule is CNc1ncnc2c1ccn2[C@@H]1O[C@H]([C@](C)(O)c2ccc(Cl)c(Cl)c2)[C@@H](O)[C@H]1O. The Hall–Kier alpha value is -1.94. The van der Waals surface area contributed by atoms with Gasteiger partial charge in [-0.05, 0) is 30.7 Å². The van der Waals surface area contributed by atoms with Crippen LogP contribution in [0.4, 0.5) is 5.82 Å². The molecule has 0 radical (unpaired) electrons. The van der Waals surface area contributed by atoms with E-state index < -0.39 is 30.1 Å². The number of nitrogens with zero attached hydrogens (tertiary/aromatic N) is 3. The van der Waals surface area contributed by atoms with E-state index in [-0.39, 0.29) is 5.02 Å². The predicted octanol–water partition coefficient (Wildman–Crippen LogP) is 2.31. The van der Waals surface area contributed by atoms with Crippen LogP contribution in [-0.2, 0) is 10.3 Å². The minimum atomic E-state index is -1.64.